The molecule has 1 aromatic rings. The Labute approximate surface area is 101 Å². The van der Waals surface area contributed by atoms with Crippen molar-refractivity contribution in [2.45, 2.75) is 26.5 Å². The van der Waals surface area contributed by atoms with Gasteiger partial charge in [-0.15, -0.1) is 0 Å². The summed E-state index contributed by atoms with van der Waals surface area (Å²) in [6.45, 7) is 6.09. The van der Waals surface area contributed by atoms with Crippen LogP contribution in [0.25, 0.3) is 0 Å². The van der Waals surface area contributed by atoms with Crippen molar-refractivity contribution in [1.82, 2.24) is 5.32 Å². The predicted octanol–water partition coefficient (Wildman–Crippen LogP) is 2.11. The van der Waals surface area contributed by atoms with Crippen LogP contribution in [0.4, 0.5) is 5.69 Å². The van der Waals surface area contributed by atoms with Gasteiger partial charge in [-0.25, -0.2) is 0 Å². The minimum Gasteiger partial charge on any atom is -0.375 e. The molecule has 5 nitrogen and oxygen atoms in total. The second-order valence-electron chi connectivity index (χ2n) is 4.08. The van der Waals surface area contributed by atoms with Crippen molar-refractivity contribution in [3.8, 4) is 0 Å². The third-order valence-corrected chi connectivity index (χ3v) is 2.21. The van der Waals surface area contributed by atoms with Crippen LogP contribution < -0.4 is 5.32 Å². The molecule has 0 aliphatic rings. The molecule has 0 saturated carbocycles. The molecule has 0 aliphatic heterocycles. The molecule has 0 atom stereocenters. The molecule has 1 aromatic carbocycles. The van der Waals surface area contributed by atoms with Crippen LogP contribution in [0.3, 0.4) is 0 Å². The van der Waals surface area contributed by atoms with Crippen LogP contribution in [-0.4, -0.2) is 24.1 Å². The molecule has 5 heteroatoms. The van der Waals surface area contributed by atoms with E-state index in [2.05, 4.69) is 19.2 Å². The summed E-state index contributed by atoms with van der Waals surface area (Å²) >= 11 is 0. The highest BCUT2D eigenvalue weighted by Gasteiger charge is 2.03. The Morgan fingerprint density at radius 2 is 2.00 bits per heavy atom. The van der Waals surface area contributed by atoms with Crippen molar-refractivity contribution in [3.63, 3.8) is 0 Å². The van der Waals surface area contributed by atoms with Gasteiger partial charge in [-0.2, -0.15) is 0 Å². The van der Waals surface area contributed by atoms with E-state index in [4.69, 9.17) is 4.74 Å². The first kappa shape index (κ1) is 13.6. The smallest absolute Gasteiger partial charge is 0.269 e. The molecule has 0 aliphatic carbocycles. The highest BCUT2D eigenvalue weighted by molar-refractivity contribution is 5.32. The summed E-state index contributed by atoms with van der Waals surface area (Å²) in [6, 6.07) is 6.87. The van der Waals surface area contributed by atoms with Crippen LogP contribution >= 0.6 is 0 Å². The minimum atomic E-state index is -0.406. The Morgan fingerprint density at radius 3 is 2.53 bits per heavy atom. The Kier molecular flexibility index (Phi) is 5.59. The van der Waals surface area contributed by atoms with Crippen LogP contribution in [0.2, 0.25) is 0 Å². The molecule has 0 saturated heterocycles. The number of non-ortho nitro benzene ring substituents is 1. The number of hydrogen-bond acceptors (Lipinski definition) is 4. The molecule has 1 rings (SSSR count). The van der Waals surface area contributed by atoms with Gasteiger partial charge in [0, 0.05) is 24.7 Å². The second kappa shape index (κ2) is 6.98. The van der Waals surface area contributed by atoms with E-state index >= 15 is 0 Å². The van der Waals surface area contributed by atoms with Crippen molar-refractivity contribution in [2.24, 2.45) is 0 Å². The van der Waals surface area contributed by atoms with E-state index in [9.17, 15) is 10.1 Å². The van der Waals surface area contributed by atoms with E-state index < -0.39 is 4.92 Å². The normalized spacial score (nSPS) is 10.8. The molecule has 0 heterocycles. The fraction of sp³-hybridized carbons (Fsp3) is 0.500. The van der Waals surface area contributed by atoms with Crippen LogP contribution in [0.15, 0.2) is 24.3 Å². The SMILES string of the molecule is CC(C)NCCOCc1ccc([N+](=O)[O-])cc1. The maximum Gasteiger partial charge on any atom is 0.269 e. The molecule has 0 bridgehead atoms. The van der Waals surface area contributed by atoms with Gasteiger partial charge in [0.25, 0.3) is 5.69 Å². The molecule has 0 radical (unpaired) electrons. The Morgan fingerprint density at radius 1 is 1.35 bits per heavy atom. The first-order valence-electron chi connectivity index (χ1n) is 5.64. The van der Waals surface area contributed by atoms with Gasteiger partial charge in [0.05, 0.1) is 18.1 Å². The molecule has 0 aromatic heterocycles. The van der Waals surface area contributed by atoms with Gasteiger partial charge in [0.15, 0.2) is 0 Å². The first-order chi connectivity index (χ1) is 8.09. The van der Waals surface area contributed by atoms with E-state index in [1.54, 1.807) is 12.1 Å². The van der Waals surface area contributed by atoms with Crippen molar-refractivity contribution < 1.29 is 9.66 Å². The number of nitrogens with zero attached hydrogens (tertiary/aromatic N) is 1. The van der Waals surface area contributed by atoms with Crippen molar-refractivity contribution in [3.05, 3.63) is 39.9 Å². The van der Waals surface area contributed by atoms with E-state index in [0.29, 0.717) is 19.3 Å². The number of hydrogen-bond donors (Lipinski definition) is 1. The van der Waals surface area contributed by atoms with E-state index in [1.807, 2.05) is 0 Å². The summed E-state index contributed by atoms with van der Waals surface area (Å²) in [5, 5.41) is 13.7. The zero-order valence-corrected chi connectivity index (χ0v) is 10.2. The number of nitro groups is 1. The lowest BCUT2D eigenvalue weighted by Crippen LogP contribution is -2.26. The third kappa shape index (κ3) is 5.42. The molecule has 0 fully saturated rings. The maximum atomic E-state index is 10.4. The molecule has 0 spiro atoms. The van der Waals surface area contributed by atoms with E-state index in [-0.39, 0.29) is 5.69 Å². The second-order valence-corrected chi connectivity index (χ2v) is 4.08. The van der Waals surface area contributed by atoms with E-state index in [1.165, 1.54) is 12.1 Å². The van der Waals surface area contributed by atoms with Crippen molar-refractivity contribution in [1.29, 1.82) is 0 Å². The fourth-order valence-corrected chi connectivity index (χ4v) is 1.32. The van der Waals surface area contributed by atoms with Crippen LogP contribution in [0.5, 0.6) is 0 Å². The number of rotatable bonds is 7. The maximum absolute atomic E-state index is 10.4. The minimum absolute atomic E-state index is 0.107. The molecule has 0 amide bonds. The van der Waals surface area contributed by atoms with Gasteiger partial charge >= 0.3 is 0 Å². The lowest BCUT2D eigenvalue weighted by atomic mass is 10.2. The van der Waals surface area contributed by atoms with Gasteiger partial charge in [0.1, 0.15) is 0 Å². The van der Waals surface area contributed by atoms with Crippen molar-refractivity contribution in [2.75, 3.05) is 13.2 Å². The first-order valence-corrected chi connectivity index (χ1v) is 5.64. The molecule has 94 valence electrons. The Hall–Kier alpha value is -1.46. The zero-order valence-electron chi connectivity index (χ0n) is 10.2. The monoisotopic (exact) mass is 238 g/mol. The summed E-state index contributed by atoms with van der Waals surface area (Å²) in [7, 11) is 0. The van der Waals surface area contributed by atoms with Gasteiger partial charge in [-0.1, -0.05) is 13.8 Å². The summed E-state index contributed by atoms with van der Waals surface area (Å²) in [5.41, 5.74) is 1.05. The molecule has 17 heavy (non-hydrogen) atoms. The fourth-order valence-electron chi connectivity index (χ4n) is 1.32. The number of benzene rings is 1. The summed E-state index contributed by atoms with van der Waals surface area (Å²) in [6.07, 6.45) is 0. The number of nitrogens with one attached hydrogen (secondary N) is 1. The molecule has 1 N–H and O–H groups in total. The molecular weight excluding hydrogens is 220 g/mol. The number of nitro benzene ring substituents is 1. The lowest BCUT2D eigenvalue weighted by Gasteiger charge is -2.08. The standard InChI is InChI=1S/C12H18N2O3/c1-10(2)13-7-8-17-9-11-3-5-12(6-4-11)14(15)16/h3-6,10,13H,7-9H2,1-2H3. The van der Waals surface area contributed by atoms with Crippen LogP contribution in [0, 0.1) is 10.1 Å². The summed E-state index contributed by atoms with van der Waals surface area (Å²) in [4.78, 5) is 10.0. The van der Waals surface area contributed by atoms with Crippen LogP contribution in [-0.2, 0) is 11.3 Å². The average molecular weight is 238 g/mol. The Bertz CT molecular complexity index is 349. The van der Waals surface area contributed by atoms with Gasteiger partial charge in [0.2, 0.25) is 0 Å². The topological polar surface area (TPSA) is 64.4 Å². The summed E-state index contributed by atoms with van der Waals surface area (Å²) < 4.78 is 5.44. The largest absolute Gasteiger partial charge is 0.375 e. The Balaban J connectivity index is 2.25. The van der Waals surface area contributed by atoms with Crippen molar-refractivity contribution >= 4 is 5.69 Å². The van der Waals surface area contributed by atoms with Gasteiger partial charge < -0.3 is 10.1 Å². The zero-order chi connectivity index (χ0) is 12.7. The van der Waals surface area contributed by atoms with E-state index in [0.717, 1.165) is 12.1 Å². The highest BCUT2D eigenvalue weighted by atomic mass is 16.6. The van der Waals surface area contributed by atoms with Crippen LogP contribution in [0.1, 0.15) is 19.4 Å². The molecular formula is C12H18N2O3. The lowest BCUT2D eigenvalue weighted by molar-refractivity contribution is -0.384. The van der Waals surface area contributed by atoms with Gasteiger partial charge in [-0.3, -0.25) is 10.1 Å². The quantitative estimate of drug-likeness (QED) is 0.449. The average Bonchev–Trinajstić information content (AvgIpc) is 2.29. The number of ether oxygens (including phenoxy) is 1. The van der Waals surface area contributed by atoms with Gasteiger partial charge in [-0.05, 0) is 17.7 Å². The molecule has 0 unspecified atom stereocenters. The summed E-state index contributed by atoms with van der Waals surface area (Å²) in [5.74, 6) is 0. The highest BCUT2D eigenvalue weighted by Crippen LogP contribution is 2.12. The predicted molar refractivity (Wildman–Crippen MR) is 65.9 cm³/mol. The third-order valence-electron chi connectivity index (χ3n) is 2.21.